The van der Waals surface area contributed by atoms with Crippen LogP contribution in [0.2, 0.25) is 0 Å². The van der Waals surface area contributed by atoms with Crippen LogP contribution in [0.1, 0.15) is 44.4 Å². The Morgan fingerprint density at radius 3 is 2.81 bits per heavy atom. The van der Waals surface area contributed by atoms with Gasteiger partial charge in [0.25, 0.3) is 0 Å². The maximum Gasteiger partial charge on any atom is 0.226 e. The zero-order chi connectivity index (χ0) is 14.8. The lowest BCUT2D eigenvalue weighted by Gasteiger charge is -2.18. The molecule has 0 saturated heterocycles. The Morgan fingerprint density at radius 1 is 1.33 bits per heavy atom. The molecule has 1 aliphatic rings. The van der Waals surface area contributed by atoms with E-state index >= 15 is 0 Å². The summed E-state index contributed by atoms with van der Waals surface area (Å²) in [5.41, 5.74) is 0. The SMILES string of the molecule is CCNc1nc(NC(CC)CC2CC2)c2cc(C)sc2n1. The number of anilines is 2. The lowest BCUT2D eigenvalue weighted by Crippen LogP contribution is -2.20. The summed E-state index contributed by atoms with van der Waals surface area (Å²) in [5, 5.41) is 8.07. The van der Waals surface area contributed by atoms with E-state index in [9.17, 15) is 0 Å². The van der Waals surface area contributed by atoms with Gasteiger partial charge in [-0.05, 0) is 38.7 Å². The molecule has 0 radical (unpaired) electrons. The normalized spacial score (nSPS) is 16.1. The molecule has 1 aliphatic carbocycles. The van der Waals surface area contributed by atoms with Crippen LogP contribution in [0.4, 0.5) is 11.8 Å². The Morgan fingerprint density at radius 2 is 2.14 bits per heavy atom. The summed E-state index contributed by atoms with van der Waals surface area (Å²) in [6.07, 6.45) is 5.21. The van der Waals surface area contributed by atoms with Crippen molar-refractivity contribution < 1.29 is 0 Å². The van der Waals surface area contributed by atoms with Crippen molar-refractivity contribution in [2.45, 2.75) is 52.5 Å². The molecule has 4 nitrogen and oxygen atoms in total. The summed E-state index contributed by atoms with van der Waals surface area (Å²) < 4.78 is 0. The molecule has 0 aromatic carbocycles. The molecule has 0 amide bonds. The number of nitrogens with one attached hydrogen (secondary N) is 2. The van der Waals surface area contributed by atoms with Gasteiger partial charge >= 0.3 is 0 Å². The van der Waals surface area contributed by atoms with Gasteiger partial charge < -0.3 is 10.6 Å². The minimum atomic E-state index is 0.519. The number of aryl methyl sites for hydroxylation is 1. The predicted octanol–water partition coefficient (Wildman–Crippen LogP) is 4.42. The van der Waals surface area contributed by atoms with Crippen molar-refractivity contribution in [2.24, 2.45) is 5.92 Å². The van der Waals surface area contributed by atoms with Gasteiger partial charge in [-0.2, -0.15) is 4.98 Å². The smallest absolute Gasteiger partial charge is 0.226 e. The average Bonchev–Trinajstić information content (AvgIpc) is 3.18. The standard InChI is InChI=1S/C16H24N4S/c1-4-12(9-11-6-7-11)18-14-13-8-10(3)21-15(13)20-16(19-14)17-5-2/h8,11-12H,4-7,9H2,1-3H3,(H2,17,18,19,20). The first-order valence-electron chi connectivity index (χ1n) is 7.98. The molecule has 21 heavy (non-hydrogen) atoms. The second-order valence-corrected chi connectivity index (χ2v) is 7.17. The molecule has 1 fully saturated rings. The molecule has 1 saturated carbocycles. The van der Waals surface area contributed by atoms with E-state index in [1.165, 1.54) is 24.1 Å². The summed E-state index contributed by atoms with van der Waals surface area (Å²) in [4.78, 5) is 11.7. The van der Waals surface area contributed by atoms with E-state index in [1.54, 1.807) is 11.3 Å². The molecule has 2 aromatic heterocycles. The van der Waals surface area contributed by atoms with Crippen LogP contribution < -0.4 is 10.6 Å². The van der Waals surface area contributed by atoms with Crippen molar-refractivity contribution in [3.63, 3.8) is 0 Å². The monoisotopic (exact) mass is 304 g/mol. The van der Waals surface area contributed by atoms with Crippen LogP contribution in [0.25, 0.3) is 10.2 Å². The summed E-state index contributed by atoms with van der Waals surface area (Å²) >= 11 is 1.74. The van der Waals surface area contributed by atoms with Crippen molar-refractivity contribution in [1.29, 1.82) is 0 Å². The lowest BCUT2D eigenvalue weighted by atomic mass is 10.1. The Balaban J connectivity index is 1.89. The number of rotatable bonds is 7. The first kappa shape index (κ1) is 14.6. The second kappa shape index (κ2) is 6.18. The van der Waals surface area contributed by atoms with Crippen LogP contribution in [0, 0.1) is 12.8 Å². The van der Waals surface area contributed by atoms with Gasteiger partial charge in [-0.3, -0.25) is 0 Å². The highest BCUT2D eigenvalue weighted by Crippen LogP contribution is 2.36. The minimum Gasteiger partial charge on any atom is -0.367 e. The number of nitrogens with zero attached hydrogens (tertiary/aromatic N) is 2. The molecule has 2 N–H and O–H groups in total. The minimum absolute atomic E-state index is 0.519. The van der Waals surface area contributed by atoms with E-state index in [2.05, 4.69) is 42.5 Å². The fourth-order valence-corrected chi connectivity index (χ4v) is 3.55. The molecule has 2 aromatic rings. The number of hydrogen-bond acceptors (Lipinski definition) is 5. The van der Waals surface area contributed by atoms with Crippen molar-refractivity contribution >= 4 is 33.3 Å². The largest absolute Gasteiger partial charge is 0.367 e. The van der Waals surface area contributed by atoms with E-state index in [0.717, 1.165) is 40.9 Å². The van der Waals surface area contributed by atoms with Gasteiger partial charge in [-0.25, -0.2) is 4.98 Å². The van der Waals surface area contributed by atoms with Crippen LogP contribution in [0.5, 0.6) is 0 Å². The van der Waals surface area contributed by atoms with Crippen molar-refractivity contribution in [1.82, 2.24) is 9.97 Å². The first-order chi connectivity index (χ1) is 10.2. The summed E-state index contributed by atoms with van der Waals surface area (Å²) in [6.45, 7) is 7.30. The molecule has 114 valence electrons. The lowest BCUT2D eigenvalue weighted by molar-refractivity contribution is 0.586. The van der Waals surface area contributed by atoms with Gasteiger partial charge in [0.1, 0.15) is 10.6 Å². The number of hydrogen-bond donors (Lipinski definition) is 2. The Labute approximate surface area is 130 Å². The van der Waals surface area contributed by atoms with Crippen LogP contribution in [0.3, 0.4) is 0 Å². The van der Waals surface area contributed by atoms with Gasteiger partial charge in [0.2, 0.25) is 5.95 Å². The van der Waals surface area contributed by atoms with Gasteiger partial charge in [-0.1, -0.05) is 19.8 Å². The number of thiophene rings is 1. The summed E-state index contributed by atoms with van der Waals surface area (Å²) in [7, 11) is 0. The molecular weight excluding hydrogens is 280 g/mol. The van der Waals surface area contributed by atoms with Gasteiger partial charge in [0.05, 0.1) is 5.39 Å². The van der Waals surface area contributed by atoms with E-state index < -0.39 is 0 Å². The van der Waals surface area contributed by atoms with Crippen molar-refractivity contribution in [3.05, 3.63) is 10.9 Å². The molecular formula is C16H24N4S. The molecule has 5 heteroatoms. The van der Waals surface area contributed by atoms with E-state index in [1.807, 2.05) is 0 Å². The first-order valence-corrected chi connectivity index (χ1v) is 8.79. The molecule has 0 bridgehead atoms. The third-order valence-corrected chi connectivity index (χ3v) is 4.94. The quantitative estimate of drug-likeness (QED) is 0.795. The maximum atomic E-state index is 4.69. The average molecular weight is 304 g/mol. The zero-order valence-corrected chi connectivity index (χ0v) is 13.9. The highest BCUT2D eigenvalue weighted by molar-refractivity contribution is 7.18. The topological polar surface area (TPSA) is 49.8 Å². The molecule has 1 unspecified atom stereocenters. The summed E-state index contributed by atoms with van der Waals surface area (Å²) in [6, 6.07) is 2.72. The number of aromatic nitrogens is 2. The Hall–Kier alpha value is -1.36. The van der Waals surface area contributed by atoms with E-state index in [-0.39, 0.29) is 0 Å². The van der Waals surface area contributed by atoms with Crippen LogP contribution in [0.15, 0.2) is 6.07 Å². The zero-order valence-electron chi connectivity index (χ0n) is 13.1. The fraction of sp³-hybridized carbons (Fsp3) is 0.625. The molecule has 0 spiro atoms. The Bertz CT molecular complexity index is 618. The van der Waals surface area contributed by atoms with Crippen molar-refractivity contribution in [3.8, 4) is 0 Å². The molecule has 0 aliphatic heterocycles. The van der Waals surface area contributed by atoms with Crippen LogP contribution in [-0.2, 0) is 0 Å². The van der Waals surface area contributed by atoms with E-state index in [0.29, 0.717) is 6.04 Å². The molecule has 1 atom stereocenters. The van der Waals surface area contributed by atoms with Crippen LogP contribution in [-0.4, -0.2) is 22.6 Å². The predicted molar refractivity (Wildman–Crippen MR) is 91.4 cm³/mol. The third kappa shape index (κ3) is 3.46. The Kier molecular flexibility index (Phi) is 4.29. The molecule has 3 rings (SSSR count). The van der Waals surface area contributed by atoms with Crippen molar-refractivity contribution in [2.75, 3.05) is 17.2 Å². The highest BCUT2D eigenvalue weighted by Gasteiger charge is 2.25. The fourth-order valence-electron chi connectivity index (χ4n) is 2.67. The second-order valence-electron chi connectivity index (χ2n) is 5.93. The third-order valence-electron chi connectivity index (χ3n) is 4.00. The van der Waals surface area contributed by atoms with E-state index in [4.69, 9.17) is 4.98 Å². The summed E-state index contributed by atoms with van der Waals surface area (Å²) in [5.74, 6) is 2.65. The van der Waals surface area contributed by atoms with Crippen LogP contribution >= 0.6 is 11.3 Å². The maximum absolute atomic E-state index is 4.69. The number of fused-ring (bicyclic) bond motifs is 1. The van der Waals surface area contributed by atoms with Gasteiger partial charge in [0, 0.05) is 17.5 Å². The highest BCUT2D eigenvalue weighted by atomic mass is 32.1. The van der Waals surface area contributed by atoms with Gasteiger partial charge in [0.15, 0.2) is 0 Å². The molecule has 2 heterocycles. The van der Waals surface area contributed by atoms with Gasteiger partial charge in [-0.15, -0.1) is 11.3 Å².